The average Bonchev–Trinajstić information content (AvgIpc) is 3.63. The zero-order chi connectivity index (χ0) is 63.8. The molecule has 0 aromatic carbocycles. The number of ether oxygens (including phenoxy) is 3. The minimum Gasteiger partial charge on any atom is -0.463 e. The van der Waals surface area contributed by atoms with Crippen molar-refractivity contribution in [3.05, 3.63) is 109 Å². The standard InChI is InChI=1S/C69H118O16P2/c1-4-7-10-13-16-19-22-25-27-29-31-33-35-38-40-43-46-49-52-55-67(72)79-58-64(70)59-81-86(75,76)82-60-65(71)61-83-87(77,78)84-63-66(85-69(74)57-54-51-48-45-42-37-24-21-18-15-12-9-6-3)62-80-68(73)56-53-50-47-44-41-39-36-34-32-30-28-26-23-20-17-14-11-8-5-2/h7,10,16-17,19-21,24-28,31-34,38,40,64-66,70-71H,4-6,8-9,11-15,18,22-23,29-30,35-37,39,41-63H2,1-3H3,(H,75,76)(H,77,78)/b10-7-,19-16-,20-17-,24-21-,27-25-,28-26-,33-31-,34-32-,40-38-. The summed E-state index contributed by atoms with van der Waals surface area (Å²) in [7, 11) is -9.79. The number of allylic oxidation sites excluding steroid dienone is 18. The normalized spacial score (nSPS) is 15.0. The summed E-state index contributed by atoms with van der Waals surface area (Å²) in [6, 6.07) is 0. The molecule has 4 N–H and O–H groups in total. The SMILES string of the molecule is CC/C=C\C/C=C\C/C=C\C/C=C\C/C=C\CCCCCC(=O)OCC(O)COP(=O)(O)OCC(O)COP(=O)(O)OCC(COC(=O)CCCCCCCC/C=C\C/C=C\C/C=C\CCCCC)OC(=O)CCCCCCC/C=C\CCCCCC. The van der Waals surface area contributed by atoms with Crippen LogP contribution in [-0.4, -0.2) is 95.9 Å². The molecule has 5 atom stereocenters. The second-order valence-electron chi connectivity index (χ2n) is 21.9. The van der Waals surface area contributed by atoms with Crippen LogP contribution >= 0.6 is 15.6 Å². The summed E-state index contributed by atoms with van der Waals surface area (Å²) >= 11 is 0. The van der Waals surface area contributed by atoms with Gasteiger partial charge >= 0.3 is 33.6 Å². The van der Waals surface area contributed by atoms with Gasteiger partial charge in [-0.1, -0.05) is 214 Å². The van der Waals surface area contributed by atoms with Crippen molar-refractivity contribution in [2.75, 3.05) is 39.6 Å². The maximum Gasteiger partial charge on any atom is 0.472 e. The lowest BCUT2D eigenvalue weighted by Gasteiger charge is -2.21. The Hall–Kier alpha value is -3.79. The molecule has 5 unspecified atom stereocenters. The maximum atomic E-state index is 12.9. The van der Waals surface area contributed by atoms with E-state index in [9.17, 15) is 43.5 Å². The molecule has 0 aliphatic carbocycles. The highest BCUT2D eigenvalue weighted by atomic mass is 31.2. The number of phosphoric acid groups is 2. The van der Waals surface area contributed by atoms with E-state index in [1.54, 1.807) is 0 Å². The zero-order valence-electron chi connectivity index (χ0n) is 53.9. The molecular formula is C69H118O16P2. The molecule has 87 heavy (non-hydrogen) atoms. The quantitative estimate of drug-likeness (QED) is 0.0146. The van der Waals surface area contributed by atoms with Crippen molar-refractivity contribution in [3.63, 3.8) is 0 Å². The minimum atomic E-state index is -4.93. The van der Waals surface area contributed by atoms with E-state index in [4.69, 9.17) is 32.3 Å². The summed E-state index contributed by atoms with van der Waals surface area (Å²) in [5, 5.41) is 20.5. The molecule has 0 aromatic rings. The average molecular weight is 1270 g/mol. The smallest absolute Gasteiger partial charge is 0.463 e. The lowest BCUT2D eigenvalue weighted by molar-refractivity contribution is -0.161. The Morgan fingerprint density at radius 3 is 1.01 bits per heavy atom. The fraction of sp³-hybridized carbons (Fsp3) is 0.696. The van der Waals surface area contributed by atoms with Crippen LogP contribution in [0.5, 0.6) is 0 Å². The van der Waals surface area contributed by atoms with E-state index in [-0.39, 0.29) is 19.3 Å². The van der Waals surface area contributed by atoms with Crippen molar-refractivity contribution in [2.45, 2.75) is 270 Å². The Bertz CT molecular complexity index is 2030. The molecule has 0 aliphatic heterocycles. The maximum absolute atomic E-state index is 12.9. The molecule has 18 heteroatoms. The third-order valence-electron chi connectivity index (χ3n) is 13.5. The summed E-state index contributed by atoms with van der Waals surface area (Å²) in [6.45, 7) is 2.43. The van der Waals surface area contributed by atoms with Crippen LogP contribution in [0.4, 0.5) is 0 Å². The number of hydrogen-bond donors (Lipinski definition) is 4. The monoisotopic (exact) mass is 1260 g/mol. The highest BCUT2D eigenvalue weighted by Gasteiger charge is 2.29. The molecule has 0 heterocycles. The van der Waals surface area contributed by atoms with Crippen LogP contribution in [0.1, 0.15) is 252 Å². The second kappa shape index (κ2) is 62.4. The molecule has 0 amide bonds. The van der Waals surface area contributed by atoms with E-state index in [1.807, 2.05) is 0 Å². The highest BCUT2D eigenvalue weighted by Crippen LogP contribution is 2.45. The van der Waals surface area contributed by atoms with Crippen molar-refractivity contribution in [1.29, 1.82) is 0 Å². The van der Waals surface area contributed by atoms with Crippen molar-refractivity contribution >= 4 is 33.6 Å². The van der Waals surface area contributed by atoms with Crippen LogP contribution in [0.2, 0.25) is 0 Å². The van der Waals surface area contributed by atoms with Gasteiger partial charge in [-0.05, 0) is 128 Å². The zero-order valence-corrected chi connectivity index (χ0v) is 55.7. The van der Waals surface area contributed by atoms with E-state index >= 15 is 0 Å². The van der Waals surface area contributed by atoms with E-state index < -0.39 is 91.5 Å². The van der Waals surface area contributed by atoms with Crippen molar-refractivity contribution < 1.29 is 75.8 Å². The third-order valence-corrected chi connectivity index (χ3v) is 15.4. The largest absolute Gasteiger partial charge is 0.472 e. The van der Waals surface area contributed by atoms with Crippen molar-refractivity contribution in [2.24, 2.45) is 0 Å². The number of aliphatic hydroxyl groups is 2. The molecule has 0 aromatic heterocycles. The van der Waals surface area contributed by atoms with Crippen LogP contribution in [0, 0.1) is 0 Å². The summed E-state index contributed by atoms with van der Waals surface area (Å²) in [5.41, 5.74) is 0. The summed E-state index contributed by atoms with van der Waals surface area (Å²) in [4.78, 5) is 58.3. The van der Waals surface area contributed by atoms with Gasteiger partial charge in [-0.25, -0.2) is 9.13 Å². The number of esters is 3. The summed E-state index contributed by atoms with van der Waals surface area (Å²) in [5.74, 6) is -1.63. The van der Waals surface area contributed by atoms with Crippen LogP contribution in [-0.2, 0) is 55.8 Å². The van der Waals surface area contributed by atoms with Gasteiger partial charge in [0.25, 0.3) is 0 Å². The number of carbonyl (C=O) groups is 3. The first-order valence-corrected chi connectivity index (χ1v) is 36.2. The number of aliphatic hydroxyl groups excluding tert-OH is 2. The fourth-order valence-corrected chi connectivity index (χ4v) is 9.95. The Morgan fingerprint density at radius 1 is 0.333 bits per heavy atom. The Morgan fingerprint density at radius 2 is 0.609 bits per heavy atom. The van der Waals surface area contributed by atoms with Gasteiger partial charge in [0.05, 0.1) is 26.4 Å². The minimum absolute atomic E-state index is 0.0890. The molecule has 0 saturated carbocycles. The number of phosphoric ester groups is 2. The van der Waals surface area contributed by atoms with Gasteiger partial charge in [-0.3, -0.25) is 32.5 Å². The predicted octanol–water partition coefficient (Wildman–Crippen LogP) is 18.1. The second-order valence-corrected chi connectivity index (χ2v) is 24.8. The van der Waals surface area contributed by atoms with E-state index in [0.717, 1.165) is 148 Å². The number of rotatable bonds is 62. The molecule has 0 fully saturated rings. The van der Waals surface area contributed by atoms with Crippen LogP contribution in [0.3, 0.4) is 0 Å². The summed E-state index contributed by atoms with van der Waals surface area (Å²) in [6.07, 6.45) is 68.5. The van der Waals surface area contributed by atoms with E-state index in [0.29, 0.717) is 19.3 Å². The van der Waals surface area contributed by atoms with Crippen molar-refractivity contribution in [3.8, 4) is 0 Å². The Labute approximate surface area is 526 Å². The van der Waals surface area contributed by atoms with Gasteiger partial charge < -0.3 is 34.2 Å². The van der Waals surface area contributed by atoms with Crippen molar-refractivity contribution in [1.82, 2.24) is 0 Å². The lowest BCUT2D eigenvalue weighted by Crippen LogP contribution is -2.30. The molecule has 0 saturated heterocycles. The molecule has 0 bridgehead atoms. The third kappa shape index (κ3) is 63.6. The first-order chi connectivity index (χ1) is 42.2. The number of hydrogen-bond acceptors (Lipinski definition) is 14. The van der Waals surface area contributed by atoms with Gasteiger partial charge in [0.2, 0.25) is 0 Å². The van der Waals surface area contributed by atoms with Crippen LogP contribution in [0.25, 0.3) is 0 Å². The van der Waals surface area contributed by atoms with Gasteiger partial charge in [0, 0.05) is 19.3 Å². The molecule has 0 spiro atoms. The van der Waals surface area contributed by atoms with E-state index in [1.165, 1.54) is 44.9 Å². The molecule has 0 rings (SSSR count). The lowest BCUT2D eigenvalue weighted by atomic mass is 10.1. The molecule has 500 valence electrons. The predicted molar refractivity (Wildman–Crippen MR) is 353 cm³/mol. The first-order valence-electron chi connectivity index (χ1n) is 33.2. The van der Waals surface area contributed by atoms with Crippen LogP contribution < -0.4 is 0 Å². The number of unbranched alkanes of at least 4 members (excludes halogenated alkanes) is 21. The van der Waals surface area contributed by atoms with Crippen LogP contribution in [0.15, 0.2) is 109 Å². The van der Waals surface area contributed by atoms with E-state index in [2.05, 4.69) is 130 Å². The molecule has 0 radical (unpaired) electrons. The first kappa shape index (κ1) is 83.2. The summed E-state index contributed by atoms with van der Waals surface area (Å²) < 4.78 is 60.8. The van der Waals surface area contributed by atoms with Gasteiger partial charge in [0.15, 0.2) is 6.10 Å². The molecule has 0 aliphatic rings. The van der Waals surface area contributed by atoms with Gasteiger partial charge in [-0.2, -0.15) is 0 Å². The topological polar surface area (TPSA) is 231 Å². The molecule has 16 nitrogen and oxygen atoms in total. The van der Waals surface area contributed by atoms with Gasteiger partial charge in [0.1, 0.15) is 25.4 Å². The highest BCUT2D eigenvalue weighted by molar-refractivity contribution is 7.47. The molecular weight excluding hydrogens is 1150 g/mol. The Balaban J connectivity index is 4.71. The number of carbonyl (C=O) groups excluding carboxylic acids is 3. The fourth-order valence-electron chi connectivity index (χ4n) is 8.36. The van der Waals surface area contributed by atoms with Gasteiger partial charge in [-0.15, -0.1) is 0 Å². The Kier molecular flexibility index (Phi) is 59.7.